The van der Waals surface area contributed by atoms with Gasteiger partial charge in [-0.15, -0.1) is 37.9 Å². The lowest BCUT2D eigenvalue weighted by Crippen LogP contribution is -2.33. The predicted octanol–water partition coefficient (Wildman–Crippen LogP) is 23.6. The molecular formula is C110H95ClO8. The van der Waals surface area contributed by atoms with Crippen molar-refractivity contribution in [2.75, 3.05) is 25.7 Å². The van der Waals surface area contributed by atoms with Crippen molar-refractivity contribution in [3.63, 3.8) is 0 Å². The Balaban J connectivity index is 0.0000000972. The first-order chi connectivity index (χ1) is 58.6. The molecule has 2 N–H and O–H groups in total. The molecule has 2 fully saturated rings. The van der Waals surface area contributed by atoms with Gasteiger partial charge in [-0.3, -0.25) is 0 Å². The second-order valence-electron chi connectivity index (χ2n) is 32.3. The van der Waals surface area contributed by atoms with E-state index in [1.54, 1.807) is 18.2 Å². The second kappa shape index (κ2) is 34.1. The van der Waals surface area contributed by atoms with Crippen molar-refractivity contribution in [2.24, 2.45) is 0 Å². The molecule has 0 bridgehead atoms. The summed E-state index contributed by atoms with van der Waals surface area (Å²) in [5.74, 6) is 0.405. The lowest BCUT2D eigenvalue weighted by Gasteiger charge is -2.38. The largest absolute Gasteiger partial charge is 0.393 e. The molecule has 590 valence electrons. The molecule has 15 aromatic rings. The van der Waals surface area contributed by atoms with E-state index in [-0.39, 0.29) is 61.5 Å². The van der Waals surface area contributed by atoms with Crippen LogP contribution in [0.4, 0.5) is 0 Å². The number of hydrogen-bond donors (Lipinski definition) is 2. The molecule has 0 amide bonds. The summed E-state index contributed by atoms with van der Waals surface area (Å²) in [6.07, 6.45) is 13.6. The molecule has 0 saturated carbocycles. The summed E-state index contributed by atoms with van der Waals surface area (Å²) < 4.78 is 36.1. The van der Waals surface area contributed by atoms with E-state index in [9.17, 15) is 10.2 Å². The Hall–Kier alpha value is -11.5. The van der Waals surface area contributed by atoms with Crippen LogP contribution in [0, 0.1) is 0 Å². The summed E-state index contributed by atoms with van der Waals surface area (Å²) in [6, 6.07) is 103. The molecule has 0 spiro atoms. The number of fused-ring (bicyclic) bond motifs is 20. The Kier molecular flexibility index (Phi) is 22.2. The fourth-order valence-corrected chi connectivity index (χ4v) is 19.5. The fraction of sp³-hybridized carbons (Fsp3) is 0.200. The van der Waals surface area contributed by atoms with Crippen molar-refractivity contribution in [3.8, 4) is 0 Å². The van der Waals surface area contributed by atoms with Gasteiger partial charge in [0.25, 0.3) is 0 Å². The summed E-state index contributed by atoms with van der Waals surface area (Å²) in [6.45, 7) is 16.8. The van der Waals surface area contributed by atoms with Crippen LogP contribution in [0.5, 0.6) is 0 Å². The van der Waals surface area contributed by atoms with Crippen LogP contribution in [0.3, 0.4) is 0 Å². The molecule has 4 heterocycles. The molecule has 9 aliphatic rings. The molecule has 8 nitrogen and oxygen atoms in total. The number of epoxide rings is 2. The van der Waals surface area contributed by atoms with Crippen molar-refractivity contribution in [2.45, 2.75) is 112 Å². The lowest BCUT2D eigenvalue weighted by atomic mass is 9.77. The first-order valence-electron chi connectivity index (χ1n) is 41.8. The summed E-state index contributed by atoms with van der Waals surface area (Å²) in [7, 11) is 0. The highest BCUT2D eigenvalue weighted by molar-refractivity contribution is 6.18. The minimum Gasteiger partial charge on any atom is -0.393 e. The maximum absolute atomic E-state index is 10.7. The summed E-state index contributed by atoms with van der Waals surface area (Å²) in [5, 5.41) is 32.8. The van der Waals surface area contributed by atoms with E-state index in [1.165, 1.54) is 165 Å². The molecule has 0 aromatic heterocycles. The predicted molar refractivity (Wildman–Crippen MR) is 482 cm³/mol. The van der Waals surface area contributed by atoms with Crippen LogP contribution in [-0.2, 0) is 73.4 Å². The lowest BCUT2D eigenvalue weighted by molar-refractivity contribution is -0.0197. The summed E-state index contributed by atoms with van der Waals surface area (Å²) in [4.78, 5) is 0. The quantitative estimate of drug-likeness (QED) is 0.0750. The third-order valence-electron chi connectivity index (χ3n) is 25.3. The van der Waals surface area contributed by atoms with Crippen molar-refractivity contribution < 1.29 is 38.6 Å². The standard InChI is InChI=1S/C22H19ClO.C22H18O2.C22H20O2.C22H18O.C18H14O.C4H6O/c1-2-18(14-23)24-22-20-10-6-4-8-16(20)13-17-12-11-15-7-3-5-9-19(15)21(17)22;1-2-7-17-13(4-1)8-9-16-10-14-5-3-6-15-11-18(19-12-23-19)24-22(20(14)15)21(16)17;1-2-18(14-23)24-22-20-10-6-4-8-16(20)13-17-12-11-15-7-3-5-9-19(15)21(17)22;1-2-18-13-16-8-5-7-15-12-17-11-10-14-6-3-4-9-19(14)21(17)22(23-18)20(15)16;19-18-16-8-4-2-6-13(16)11-14-10-9-12-5-1-3-7-15(12)17(14)18;1-2-4-3-5-4/h2-12,18,22H,1,13-14H2;1-9,18-19,22H,10-12H2;2-12,18,22-23H,1,13-14H2;2-11,18,22H,1,12-13H2;1-10,18-19H,11H2;2,4H,1,3H2. The van der Waals surface area contributed by atoms with Gasteiger partial charge >= 0.3 is 0 Å². The van der Waals surface area contributed by atoms with E-state index in [1.807, 2.05) is 42.5 Å². The highest BCUT2D eigenvalue weighted by Gasteiger charge is 2.43. The van der Waals surface area contributed by atoms with E-state index in [2.05, 4.69) is 281 Å². The van der Waals surface area contributed by atoms with E-state index < -0.39 is 6.10 Å². The van der Waals surface area contributed by atoms with Gasteiger partial charge in [0.2, 0.25) is 0 Å². The second-order valence-corrected chi connectivity index (χ2v) is 32.6. The topological polar surface area (TPSA) is 102 Å². The number of halogens is 1. The van der Waals surface area contributed by atoms with Crippen molar-refractivity contribution in [1.82, 2.24) is 0 Å². The highest BCUT2D eigenvalue weighted by atomic mass is 35.5. The average Bonchev–Trinajstić information content (AvgIpc) is 1.72. The van der Waals surface area contributed by atoms with Gasteiger partial charge in [0.1, 0.15) is 36.6 Å². The molecule has 11 atom stereocenters. The first-order valence-corrected chi connectivity index (χ1v) is 42.3. The maximum Gasteiger partial charge on any atom is 0.110 e. The van der Waals surface area contributed by atoms with E-state index in [0.29, 0.717) is 12.0 Å². The Morgan fingerprint density at radius 1 is 0.328 bits per heavy atom. The Morgan fingerprint density at radius 2 is 0.664 bits per heavy atom. The molecule has 4 aliphatic heterocycles. The summed E-state index contributed by atoms with van der Waals surface area (Å²) >= 11 is 6.06. The fourth-order valence-electron chi connectivity index (χ4n) is 19.3. The van der Waals surface area contributed by atoms with Gasteiger partial charge < -0.3 is 38.6 Å². The van der Waals surface area contributed by atoms with Crippen molar-refractivity contribution in [3.05, 3.63) is 464 Å². The third kappa shape index (κ3) is 15.3. The van der Waals surface area contributed by atoms with Crippen LogP contribution in [-0.4, -0.2) is 72.5 Å². The Bertz CT molecular complexity index is 6240. The molecule has 119 heavy (non-hydrogen) atoms. The minimum atomic E-state index is -0.508. The number of aliphatic hydroxyl groups excluding tert-OH is 2. The monoisotopic (exact) mass is 1580 g/mol. The van der Waals surface area contributed by atoms with Gasteiger partial charge in [-0.05, 0) is 208 Å². The zero-order chi connectivity index (χ0) is 80.6. The zero-order valence-electron chi connectivity index (χ0n) is 66.7. The Morgan fingerprint density at radius 3 is 1.08 bits per heavy atom. The average molecular weight is 1580 g/mol. The summed E-state index contributed by atoms with van der Waals surface area (Å²) in [5.41, 5.74) is 28.8. The van der Waals surface area contributed by atoms with E-state index >= 15 is 0 Å². The number of rotatable bonds is 11. The maximum atomic E-state index is 10.7. The Labute approximate surface area is 701 Å². The normalized spacial score (nSPS) is 20.6. The van der Waals surface area contributed by atoms with Gasteiger partial charge in [0, 0.05) is 12.8 Å². The first kappa shape index (κ1) is 77.4. The zero-order valence-corrected chi connectivity index (χ0v) is 67.5. The van der Waals surface area contributed by atoms with Crippen LogP contribution < -0.4 is 0 Å². The molecule has 15 aromatic carbocycles. The third-order valence-corrected chi connectivity index (χ3v) is 25.6. The van der Waals surface area contributed by atoms with Crippen LogP contribution in [0.2, 0.25) is 0 Å². The minimum absolute atomic E-state index is 0.0350. The molecule has 5 aliphatic carbocycles. The molecule has 24 rings (SSSR count). The number of benzene rings is 15. The van der Waals surface area contributed by atoms with Gasteiger partial charge in [-0.25, -0.2) is 0 Å². The number of ether oxygens (including phenoxy) is 6. The van der Waals surface area contributed by atoms with E-state index in [4.69, 9.17) is 40.0 Å². The number of aliphatic hydroxyl groups is 2. The van der Waals surface area contributed by atoms with Gasteiger partial charge in [0.05, 0.1) is 56.2 Å². The smallest absolute Gasteiger partial charge is 0.110 e. The molecular weight excluding hydrogens is 1480 g/mol. The van der Waals surface area contributed by atoms with E-state index in [0.717, 1.165) is 69.3 Å². The van der Waals surface area contributed by atoms with Crippen LogP contribution in [0.15, 0.2) is 342 Å². The van der Waals surface area contributed by atoms with Crippen LogP contribution in [0.25, 0.3) is 53.9 Å². The van der Waals surface area contributed by atoms with Crippen LogP contribution >= 0.6 is 11.6 Å². The van der Waals surface area contributed by atoms with Crippen LogP contribution in [0.1, 0.15) is 153 Å². The SMILES string of the molecule is C=CC(CCl)OC1c2ccccc2Cc2ccc3ccccc3c21.C=CC(CO)OC1c2ccccc2Cc2ccc3ccccc3c21.C=CC1CO1.C=CC1Cc2cccc3c2C(O1)c1c(ccc2ccccc12)C3.OC1c2ccccc2Cc2ccc3ccccc3c21.c1cc2c3c(c1)CC(C1CO1)OC3c1c(ccc3ccccc13)C2. The molecule has 9 heteroatoms. The van der Waals surface area contributed by atoms with Gasteiger partial charge in [-0.1, -0.05) is 315 Å². The van der Waals surface area contributed by atoms with Crippen molar-refractivity contribution >= 4 is 65.5 Å². The molecule has 11 unspecified atom stereocenters. The molecule has 0 radical (unpaired) electrons. The number of hydrogen-bond acceptors (Lipinski definition) is 8. The van der Waals surface area contributed by atoms with Gasteiger partial charge in [-0.2, -0.15) is 0 Å². The van der Waals surface area contributed by atoms with Crippen molar-refractivity contribution in [1.29, 1.82) is 0 Å². The highest BCUT2D eigenvalue weighted by Crippen LogP contribution is 2.51. The van der Waals surface area contributed by atoms with Gasteiger partial charge in [0.15, 0.2) is 0 Å². The number of alkyl halides is 1. The molecule has 2 saturated heterocycles.